The molecule has 15 heavy (non-hydrogen) atoms. The number of hydrogen-bond donors (Lipinski definition) is 1. The first-order valence-electron chi connectivity index (χ1n) is 5.29. The molecule has 1 nitrogen and oxygen atoms in total. The Kier molecular flexibility index (Phi) is 3.80. The van der Waals surface area contributed by atoms with Gasteiger partial charge in [0.2, 0.25) is 0 Å². The summed E-state index contributed by atoms with van der Waals surface area (Å²) in [5.74, 6) is 0.434. The number of halogens is 1. The van der Waals surface area contributed by atoms with Gasteiger partial charge in [0, 0.05) is 10.4 Å². The molecule has 1 N–H and O–H groups in total. The van der Waals surface area contributed by atoms with Crippen LogP contribution in [0.3, 0.4) is 0 Å². The Hall–Kier alpha value is -0.530. The molecule has 0 spiro atoms. The fourth-order valence-electron chi connectivity index (χ4n) is 1.51. The Morgan fingerprint density at radius 3 is 2.33 bits per heavy atom. The van der Waals surface area contributed by atoms with Crippen LogP contribution in [0.25, 0.3) is 0 Å². The van der Waals surface area contributed by atoms with Crippen LogP contribution < -0.4 is 0 Å². The second-order valence-electron chi connectivity index (χ2n) is 4.93. The van der Waals surface area contributed by atoms with Crippen LogP contribution in [0.5, 0.6) is 0 Å². The largest absolute Gasteiger partial charge is 0.395 e. The Morgan fingerprint density at radius 2 is 1.93 bits per heavy atom. The van der Waals surface area contributed by atoms with Crippen molar-refractivity contribution in [3.8, 4) is 0 Å². The zero-order valence-electron chi connectivity index (χ0n) is 9.84. The van der Waals surface area contributed by atoms with Gasteiger partial charge < -0.3 is 5.11 Å². The van der Waals surface area contributed by atoms with Crippen molar-refractivity contribution in [3.63, 3.8) is 0 Å². The molecular formula is C13H19ClO. The van der Waals surface area contributed by atoms with Gasteiger partial charge >= 0.3 is 0 Å². The maximum Gasteiger partial charge on any atom is 0.0522 e. The van der Waals surface area contributed by atoms with E-state index in [0.29, 0.717) is 5.92 Å². The average Bonchev–Trinajstić information content (AvgIpc) is 2.17. The van der Waals surface area contributed by atoms with Gasteiger partial charge in [0.05, 0.1) is 6.61 Å². The number of aliphatic hydroxyl groups is 1. The minimum absolute atomic E-state index is 0.129. The molecule has 84 valence electrons. The van der Waals surface area contributed by atoms with E-state index in [-0.39, 0.29) is 12.0 Å². The summed E-state index contributed by atoms with van der Waals surface area (Å²) in [5, 5.41) is 10.1. The van der Waals surface area contributed by atoms with E-state index < -0.39 is 0 Å². The lowest BCUT2D eigenvalue weighted by Crippen LogP contribution is -2.22. The summed E-state index contributed by atoms with van der Waals surface area (Å²) >= 11 is 6.21. The van der Waals surface area contributed by atoms with E-state index in [2.05, 4.69) is 26.0 Å². The SMILES string of the molecule is CC(C)c1ccc(C(C)(C)CO)cc1Cl. The molecule has 0 aromatic heterocycles. The molecule has 0 unspecified atom stereocenters. The highest BCUT2D eigenvalue weighted by molar-refractivity contribution is 6.31. The second kappa shape index (κ2) is 4.54. The van der Waals surface area contributed by atoms with Crippen molar-refractivity contribution < 1.29 is 5.11 Å². The minimum Gasteiger partial charge on any atom is -0.395 e. The van der Waals surface area contributed by atoms with Crippen molar-refractivity contribution in [1.82, 2.24) is 0 Å². The molecule has 0 heterocycles. The summed E-state index contributed by atoms with van der Waals surface area (Å²) in [6, 6.07) is 6.07. The first-order valence-corrected chi connectivity index (χ1v) is 5.67. The smallest absolute Gasteiger partial charge is 0.0522 e. The maximum absolute atomic E-state index is 9.27. The van der Waals surface area contributed by atoms with Crippen LogP contribution in [0.15, 0.2) is 18.2 Å². The molecule has 0 aliphatic carbocycles. The Labute approximate surface area is 97.1 Å². The van der Waals surface area contributed by atoms with Crippen molar-refractivity contribution >= 4 is 11.6 Å². The molecule has 0 aliphatic rings. The predicted octanol–water partition coefficient (Wildman–Crippen LogP) is 3.73. The van der Waals surface area contributed by atoms with Gasteiger partial charge in [-0.1, -0.05) is 51.4 Å². The normalized spacial score (nSPS) is 12.2. The van der Waals surface area contributed by atoms with Crippen molar-refractivity contribution in [2.75, 3.05) is 6.61 Å². The van der Waals surface area contributed by atoms with Crippen LogP contribution in [0.4, 0.5) is 0 Å². The summed E-state index contributed by atoms with van der Waals surface area (Å²) in [6.07, 6.45) is 0. The molecule has 1 aromatic rings. The van der Waals surface area contributed by atoms with E-state index >= 15 is 0 Å². The van der Waals surface area contributed by atoms with Gasteiger partial charge in [0.25, 0.3) is 0 Å². The fourth-order valence-corrected chi connectivity index (χ4v) is 1.91. The highest BCUT2D eigenvalue weighted by Crippen LogP contribution is 2.30. The lowest BCUT2D eigenvalue weighted by atomic mass is 9.84. The highest BCUT2D eigenvalue weighted by atomic mass is 35.5. The van der Waals surface area contributed by atoms with Crippen LogP contribution in [0, 0.1) is 0 Å². The molecule has 0 atom stereocenters. The van der Waals surface area contributed by atoms with E-state index in [0.717, 1.165) is 16.1 Å². The van der Waals surface area contributed by atoms with Crippen molar-refractivity contribution in [2.24, 2.45) is 0 Å². The minimum atomic E-state index is -0.223. The van der Waals surface area contributed by atoms with E-state index in [1.165, 1.54) is 0 Å². The summed E-state index contributed by atoms with van der Waals surface area (Å²) < 4.78 is 0. The first kappa shape index (κ1) is 12.5. The molecule has 0 bridgehead atoms. The number of hydrogen-bond acceptors (Lipinski definition) is 1. The van der Waals surface area contributed by atoms with Crippen molar-refractivity contribution in [3.05, 3.63) is 34.3 Å². The first-order chi connectivity index (χ1) is 6.88. The van der Waals surface area contributed by atoms with Gasteiger partial charge in [0.1, 0.15) is 0 Å². The summed E-state index contributed by atoms with van der Waals surface area (Å²) in [5.41, 5.74) is 2.02. The zero-order chi connectivity index (χ0) is 11.6. The predicted molar refractivity (Wildman–Crippen MR) is 65.7 cm³/mol. The lowest BCUT2D eigenvalue weighted by Gasteiger charge is -2.23. The molecular weight excluding hydrogens is 208 g/mol. The third kappa shape index (κ3) is 2.73. The summed E-state index contributed by atoms with van der Waals surface area (Å²) in [6.45, 7) is 8.39. The van der Waals surface area contributed by atoms with Crippen LogP contribution >= 0.6 is 11.6 Å². The summed E-state index contributed by atoms with van der Waals surface area (Å²) in [7, 11) is 0. The molecule has 0 saturated carbocycles. The highest BCUT2D eigenvalue weighted by Gasteiger charge is 2.20. The molecule has 2 heteroatoms. The zero-order valence-corrected chi connectivity index (χ0v) is 10.6. The molecule has 1 aromatic carbocycles. The van der Waals surface area contributed by atoms with Gasteiger partial charge in [-0.05, 0) is 23.1 Å². The van der Waals surface area contributed by atoms with Gasteiger partial charge in [-0.25, -0.2) is 0 Å². The maximum atomic E-state index is 9.27. The van der Waals surface area contributed by atoms with Crippen LogP contribution in [-0.2, 0) is 5.41 Å². The standard InChI is InChI=1S/C13H19ClO/c1-9(2)11-6-5-10(7-12(11)14)13(3,4)8-15/h5-7,9,15H,8H2,1-4H3. The molecule has 1 rings (SSSR count). The molecule has 0 aliphatic heterocycles. The van der Waals surface area contributed by atoms with Crippen molar-refractivity contribution in [1.29, 1.82) is 0 Å². The van der Waals surface area contributed by atoms with Crippen LogP contribution in [-0.4, -0.2) is 11.7 Å². The molecule has 0 amide bonds. The molecule has 0 saturated heterocycles. The molecule has 0 fully saturated rings. The molecule has 0 radical (unpaired) electrons. The lowest BCUT2D eigenvalue weighted by molar-refractivity contribution is 0.218. The van der Waals surface area contributed by atoms with Gasteiger partial charge in [0.15, 0.2) is 0 Å². The Bertz CT molecular complexity index is 342. The monoisotopic (exact) mass is 226 g/mol. The van der Waals surface area contributed by atoms with Crippen molar-refractivity contribution in [2.45, 2.75) is 39.0 Å². The number of benzene rings is 1. The fraction of sp³-hybridized carbons (Fsp3) is 0.538. The topological polar surface area (TPSA) is 20.2 Å². The Morgan fingerprint density at radius 1 is 1.33 bits per heavy atom. The van der Waals surface area contributed by atoms with E-state index in [1.807, 2.05) is 19.9 Å². The number of rotatable bonds is 3. The average molecular weight is 227 g/mol. The number of aliphatic hydroxyl groups excluding tert-OH is 1. The quantitative estimate of drug-likeness (QED) is 0.833. The van der Waals surface area contributed by atoms with E-state index in [1.54, 1.807) is 0 Å². The van der Waals surface area contributed by atoms with Gasteiger partial charge in [-0.3, -0.25) is 0 Å². The van der Waals surface area contributed by atoms with Gasteiger partial charge in [-0.15, -0.1) is 0 Å². The van der Waals surface area contributed by atoms with Crippen LogP contribution in [0.2, 0.25) is 5.02 Å². The van der Waals surface area contributed by atoms with E-state index in [9.17, 15) is 5.11 Å². The summed E-state index contributed by atoms with van der Waals surface area (Å²) in [4.78, 5) is 0. The third-order valence-electron chi connectivity index (χ3n) is 2.80. The second-order valence-corrected chi connectivity index (χ2v) is 5.34. The van der Waals surface area contributed by atoms with Crippen LogP contribution in [0.1, 0.15) is 44.7 Å². The Balaban J connectivity index is 3.12. The third-order valence-corrected chi connectivity index (χ3v) is 3.13. The van der Waals surface area contributed by atoms with E-state index in [4.69, 9.17) is 11.6 Å². The van der Waals surface area contributed by atoms with Gasteiger partial charge in [-0.2, -0.15) is 0 Å².